The van der Waals surface area contributed by atoms with Crippen LogP contribution in [0, 0.1) is 6.92 Å². The zero-order valence-corrected chi connectivity index (χ0v) is 21.6. The van der Waals surface area contributed by atoms with E-state index >= 15 is 0 Å². The predicted molar refractivity (Wildman–Crippen MR) is 142 cm³/mol. The van der Waals surface area contributed by atoms with Crippen molar-refractivity contribution in [2.24, 2.45) is 7.05 Å². The molecule has 0 N–H and O–H groups in total. The van der Waals surface area contributed by atoms with Crippen LogP contribution in [0.2, 0.25) is 0 Å². The maximum Gasteiger partial charge on any atom is 0.418 e. The first-order valence-corrected chi connectivity index (χ1v) is 13.0. The fraction of sp³-hybridized carbons (Fsp3) is 0.345. The minimum atomic E-state index is -4.59. The average Bonchev–Trinajstić information content (AvgIpc) is 3.26. The second-order valence-electron chi connectivity index (χ2n) is 10.3. The van der Waals surface area contributed by atoms with E-state index in [0.717, 1.165) is 48.3 Å². The van der Waals surface area contributed by atoms with Gasteiger partial charge < -0.3 is 0 Å². The molecule has 1 aliphatic carbocycles. The molecule has 4 heterocycles. The standard InChI is InChI=1S/C29H27F3N6O/c1-17-15-34-23-14-21(18-9-11-19(12-10-18)26-20-6-3-4-8-25(20)37(2)36-26)28(39)38(27(23)35-17)16-24-22(29(30,31)32)7-5-13-33-24/h3-8,13-15,18-19H,9-12,16H2,1-2H3/t18-,19-. The lowest BCUT2D eigenvalue weighted by atomic mass is 9.77. The second kappa shape index (κ2) is 9.59. The van der Waals surface area contributed by atoms with E-state index in [1.54, 1.807) is 19.2 Å². The van der Waals surface area contributed by atoms with E-state index in [4.69, 9.17) is 5.10 Å². The molecule has 7 nitrogen and oxygen atoms in total. The van der Waals surface area contributed by atoms with Crippen LogP contribution in [-0.4, -0.2) is 29.3 Å². The van der Waals surface area contributed by atoms with Gasteiger partial charge in [0, 0.05) is 36.3 Å². The summed E-state index contributed by atoms with van der Waals surface area (Å²) >= 11 is 0. The van der Waals surface area contributed by atoms with Gasteiger partial charge in [0.05, 0.1) is 34.7 Å². The van der Waals surface area contributed by atoms with Crippen molar-refractivity contribution in [2.75, 3.05) is 0 Å². The van der Waals surface area contributed by atoms with Crippen molar-refractivity contribution in [3.8, 4) is 0 Å². The largest absolute Gasteiger partial charge is 0.418 e. The van der Waals surface area contributed by atoms with Crippen molar-refractivity contribution >= 4 is 22.1 Å². The highest BCUT2D eigenvalue weighted by atomic mass is 19.4. The summed E-state index contributed by atoms with van der Waals surface area (Å²) in [7, 11) is 1.95. The maximum absolute atomic E-state index is 13.9. The number of nitrogens with zero attached hydrogens (tertiary/aromatic N) is 6. The third-order valence-electron chi connectivity index (χ3n) is 7.79. The molecule has 0 unspecified atom stereocenters. The highest BCUT2D eigenvalue weighted by Crippen LogP contribution is 2.41. The third kappa shape index (κ3) is 4.57. The van der Waals surface area contributed by atoms with Gasteiger partial charge in [0.25, 0.3) is 5.56 Å². The number of alkyl halides is 3. The Balaban J connectivity index is 1.36. The Bertz CT molecular complexity index is 1750. The Labute approximate surface area is 222 Å². The molecule has 1 aromatic carbocycles. The van der Waals surface area contributed by atoms with Crippen molar-refractivity contribution in [3.63, 3.8) is 0 Å². The van der Waals surface area contributed by atoms with Gasteiger partial charge in [-0.15, -0.1) is 0 Å². The Morgan fingerprint density at radius 3 is 2.51 bits per heavy atom. The van der Waals surface area contributed by atoms with Gasteiger partial charge in [0.2, 0.25) is 0 Å². The molecule has 0 atom stereocenters. The van der Waals surface area contributed by atoms with E-state index < -0.39 is 11.7 Å². The van der Waals surface area contributed by atoms with Gasteiger partial charge in [-0.1, -0.05) is 18.2 Å². The highest BCUT2D eigenvalue weighted by Gasteiger charge is 2.34. The van der Waals surface area contributed by atoms with Gasteiger partial charge in [-0.25, -0.2) is 4.98 Å². The molecule has 0 aliphatic heterocycles. The zero-order chi connectivity index (χ0) is 27.3. The summed E-state index contributed by atoms with van der Waals surface area (Å²) < 4.78 is 44.4. The number of rotatable bonds is 4. The number of hydrogen-bond acceptors (Lipinski definition) is 5. The Hall–Kier alpha value is -4.08. The summed E-state index contributed by atoms with van der Waals surface area (Å²) in [5, 5.41) is 5.95. The molecule has 0 bridgehead atoms. The van der Waals surface area contributed by atoms with Gasteiger partial charge in [-0.2, -0.15) is 18.3 Å². The molecule has 0 radical (unpaired) electrons. The monoisotopic (exact) mass is 532 g/mol. The molecule has 39 heavy (non-hydrogen) atoms. The first kappa shape index (κ1) is 25.2. The fourth-order valence-corrected chi connectivity index (χ4v) is 5.87. The SMILES string of the molecule is Cc1cnc2cc([C@H]3CC[C@H](c4nn(C)c5ccccc54)CC3)c(=O)n(Cc3ncccc3C(F)(F)F)c2n1. The van der Waals surface area contributed by atoms with Crippen molar-refractivity contribution in [2.45, 2.75) is 57.2 Å². The Kier molecular flexibility index (Phi) is 6.20. The smallest absolute Gasteiger partial charge is 0.285 e. The van der Waals surface area contributed by atoms with Crippen molar-refractivity contribution < 1.29 is 13.2 Å². The number of halogens is 3. The third-order valence-corrected chi connectivity index (χ3v) is 7.79. The summed E-state index contributed by atoms with van der Waals surface area (Å²) in [6, 6.07) is 12.2. The van der Waals surface area contributed by atoms with E-state index in [2.05, 4.69) is 27.1 Å². The van der Waals surface area contributed by atoms with Crippen LogP contribution in [0.4, 0.5) is 13.2 Å². The van der Waals surface area contributed by atoms with E-state index in [1.807, 2.05) is 23.9 Å². The second-order valence-corrected chi connectivity index (χ2v) is 10.3. The predicted octanol–water partition coefficient (Wildman–Crippen LogP) is 5.89. The molecular weight excluding hydrogens is 505 g/mol. The van der Waals surface area contributed by atoms with E-state index in [9.17, 15) is 18.0 Å². The van der Waals surface area contributed by atoms with Crippen molar-refractivity contribution in [1.82, 2.24) is 29.3 Å². The molecule has 1 aliphatic rings. The number of benzene rings is 1. The highest BCUT2D eigenvalue weighted by molar-refractivity contribution is 5.82. The average molecular weight is 533 g/mol. The molecule has 0 amide bonds. The maximum atomic E-state index is 13.9. The normalized spacial score (nSPS) is 18.2. The lowest BCUT2D eigenvalue weighted by Gasteiger charge is -2.28. The number of hydrogen-bond donors (Lipinski definition) is 0. The number of pyridine rings is 2. The number of aromatic nitrogens is 6. The van der Waals surface area contributed by atoms with Crippen LogP contribution < -0.4 is 5.56 Å². The lowest BCUT2D eigenvalue weighted by Crippen LogP contribution is -2.29. The molecule has 1 saturated carbocycles. The van der Waals surface area contributed by atoms with E-state index in [-0.39, 0.29) is 35.3 Å². The molecule has 0 spiro atoms. The first-order chi connectivity index (χ1) is 18.7. The molecule has 10 heteroatoms. The minimum Gasteiger partial charge on any atom is -0.285 e. The minimum absolute atomic E-state index is 0.0340. The Morgan fingerprint density at radius 2 is 1.74 bits per heavy atom. The van der Waals surface area contributed by atoms with Crippen LogP contribution in [0.1, 0.15) is 65.7 Å². The summed E-state index contributed by atoms with van der Waals surface area (Å²) in [5.74, 6) is 0.244. The van der Waals surface area contributed by atoms with E-state index in [0.29, 0.717) is 16.8 Å². The molecule has 5 aromatic rings. The topological polar surface area (TPSA) is 78.5 Å². The van der Waals surface area contributed by atoms with Crippen LogP contribution in [0.5, 0.6) is 0 Å². The summed E-state index contributed by atoms with van der Waals surface area (Å²) in [6.07, 6.45) is 1.59. The van der Waals surface area contributed by atoms with Crippen molar-refractivity contribution in [3.05, 3.63) is 93.4 Å². The van der Waals surface area contributed by atoms with Gasteiger partial charge in [-0.3, -0.25) is 24.0 Å². The molecule has 4 aromatic heterocycles. The zero-order valence-electron chi connectivity index (χ0n) is 21.6. The van der Waals surface area contributed by atoms with Crippen LogP contribution in [0.15, 0.2) is 59.7 Å². The number of para-hydroxylation sites is 1. The fourth-order valence-electron chi connectivity index (χ4n) is 5.87. The van der Waals surface area contributed by atoms with Gasteiger partial charge in [0.1, 0.15) is 5.52 Å². The molecule has 200 valence electrons. The number of aryl methyl sites for hydroxylation is 2. The van der Waals surface area contributed by atoms with Crippen molar-refractivity contribution in [1.29, 1.82) is 0 Å². The lowest BCUT2D eigenvalue weighted by molar-refractivity contribution is -0.138. The number of fused-ring (bicyclic) bond motifs is 2. The first-order valence-electron chi connectivity index (χ1n) is 13.0. The molecule has 6 rings (SSSR count). The van der Waals surface area contributed by atoms with Gasteiger partial charge in [0.15, 0.2) is 5.65 Å². The van der Waals surface area contributed by atoms with Crippen LogP contribution >= 0.6 is 0 Å². The van der Waals surface area contributed by atoms with Crippen LogP contribution in [0.25, 0.3) is 22.1 Å². The quantitative estimate of drug-likeness (QED) is 0.288. The van der Waals surface area contributed by atoms with Gasteiger partial charge >= 0.3 is 6.18 Å². The molecule has 0 saturated heterocycles. The summed E-state index contributed by atoms with van der Waals surface area (Å²) in [6.45, 7) is 1.39. The van der Waals surface area contributed by atoms with E-state index in [1.165, 1.54) is 16.8 Å². The summed E-state index contributed by atoms with van der Waals surface area (Å²) in [5.41, 5.74) is 2.63. The van der Waals surface area contributed by atoms with Gasteiger partial charge in [-0.05, 0) is 62.8 Å². The summed E-state index contributed by atoms with van der Waals surface area (Å²) in [4.78, 5) is 26.8. The molecular formula is C29H27F3N6O. The van der Waals surface area contributed by atoms with Crippen LogP contribution in [0.3, 0.4) is 0 Å². The Morgan fingerprint density at radius 1 is 1.00 bits per heavy atom. The molecule has 1 fully saturated rings. The van der Waals surface area contributed by atoms with Crippen LogP contribution in [-0.2, 0) is 19.8 Å².